The standard InChI is InChI=1S/C28H35N7O2/c1-17(2)35-26-24(15-31-35)22(27(36)30-14-23-18(3)11-19(4)32-28(23)37)13-25(33-26)21-8-6-7-20(12-21)16-34(5)10-9-29/h6-8,11-13,15,17,23H,9-10,14,16,29H2,1-5H3,(H,30,36). The van der Waals surface area contributed by atoms with Crippen LogP contribution in [0.4, 0.5) is 0 Å². The number of benzene rings is 1. The molecule has 1 atom stereocenters. The predicted molar refractivity (Wildman–Crippen MR) is 146 cm³/mol. The van der Waals surface area contributed by atoms with E-state index in [1.807, 2.05) is 50.7 Å². The van der Waals surface area contributed by atoms with Crippen molar-refractivity contribution in [2.24, 2.45) is 16.6 Å². The first-order chi connectivity index (χ1) is 17.7. The zero-order valence-corrected chi connectivity index (χ0v) is 22.2. The number of fused-ring (bicyclic) bond motifs is 1. The maximum Gasteiger partial charge on any atom is 0.254 e. The number of allylic oxidation sites excluding steroid dienone is 1. The Bertz CT molecular complexity index is 1390. The zero-order valence-electron chi connectivity index (χ0n) is 22.2. The van der Waals surface area contributed by atoms with Gasteiger partial charge in [-0.05, 0) is 58.5 Å². The summed E-state index contributed by atoms with van der Waals surface area (Å²) >= 11 is 0. The van der Waals surface area contributed by atoms with Gasteiger partial charge in [-0.2, -0.15) is 5.10 Å². The van der Waals surface area contributed by atoms with Gasteiger partial charge >= 0.3 is 0 Å². The van der Waals surface area contributed by atoms with Crippen molar-refractivity contribution in [3.05, 3.63) is 59.3 Å². The number of pyridine rings is 1. The Morgan fingerprint density at radius 3 is 2.73 bits per heavy atom. The van der Waals surface area contributed by atoms with Crippen molar-refractivity contribution in [2.45, 2.75) is 40.3 Å². The lowest BCUT2D eigenvalue weighted by molar-refractivity contribution is -0.120. The van der Waals surface area contributed by atoms with Gasteiger partial charge < -0.3 is 16.0 Å². The summed E-state index contributed by atoms with van der Waals surface area (Å²) in [5, 5.41) is 8.13. The molecule has 37 heavy (non-hydrogen) atoms. The molecule has 0 spiro atoms. The van der Waals surface area contributed by atoms with Crippen LogP contribution in [0.1, 0.15) is 49.7 Å². The number of likely N-dealkylation sites (N-methyl/N-ethyl adjacent to an activating group) is 1. The molecule has 1 unspecified atom stereocenters. The molecule has 3 heterocycles. The van der Waals surface area contributed by atoms with E-state index in [9.17, 15) is 9.59 Å². The highest BCUT2D eigenvalue weighted by Crippen LogP contribution is 2.27. The van der Waals surface area contributed by atoms with E-state index < -0.39 is 5.92 Å². The van der Waals surface area contributed by atoms with Crippen LogP contribution in [0.25, 0.3) is 22.3 Å². The van der Waals surface area contributed by atoms with Crippen LogP contribution in [0.15, 0.2) is 53.2 Å². The fourth-order valence-electron chi connectivity index (χ4n) is 4.62. The van der Waals surface area contributed by atoms with E-state index in [0.717, 1.165) is 29.8 Å². The van der Waals surface area contributed by atoms with E-state index in [-0.39, 0.29) is 24.4 Å². The van der Waals surface area contributed by atoms with Crippen LogP contribution in [0.5, 0.6) is 0 Å². The second-order valence-electron chi connectivity index (χ2n) is 9.94. The highest BCUT2D eigenvalue weighted by atomic mass is 16.2. The van der Waals surface area contributed by atoms with E-state index >= 15 is 0 Å². The second-order valence-corrected chi connectivity index (χ2v) is 9.94. The molecule has 4 rings (SSSR count). The molecule has 1 aliphatic heterocycles. The van der Waals surface area contributed by atoms with Crippen LogP contribution >= 0.6 is 0 Å². The molecule has 0 fully saturated rings. The summed E-state index contributed by atoms with van der Waals surface area (Å²) in [6, 6.07) is 10.0. The van der Waals surface area contributed by atoms with E-state index in [4.69, 9.17) is 10.7 Å². The van der Waals surface area contributed by atoms with E-state index in [1.165, 1.54) is 0 Å². The second kappa shape index (κ2) is 11.1. The lowest BCUT2D eigenvalue weighted by Crippen LogP contribution is -2.34. The number of aromatic nitrogens is 3. The molecule has 1 aliphatic rings. The van der Waals surface area contributed by atoms with Gasteiger partial charge in [-0.1, -0.05) is 23.8 Å². The molecular formula is C28H35N7O2. The fourth-order valence-corrected chi connectivity index (χ4v) is 4.62. The predicted octanol–water partition coefficient (Wildman–Crippen LogP) is 3.36. The third kappa shape index (κ3) is 5.84. The number of rotatable bonds is 9. The minimum absolute atomic E-state index is 0.0705. The monoisotopic (exact) mass is 501 g/mol. The number of hydrogen-bond donors (Lipinski definition) is 2. The fraction of sp³-hybridized carbons (Fsp3) is 0.393. The Morgan fingerprint density at radius 2 is 2.03 bits per heavy atom. The van der Waals surface area contributed by atoms with Crippen LogP contribution in [-0.4, -0.2) is 63.9 Å². The Balaban J connectivity index is 1.68. The molecule has 1 aromatic carbocycles. The first-order valence-electron chi connectivity index (χ1n) is 12.6. The van der Waals surface area contributed by atoms with Gasteiger partial charge in [0.2, 0.25) is 0 Å². The van der Waals surface area contributed by atoms with Crippen molar-refractivity contribution in [3.8, 4) is 11.3 Å². The van der Waals surface area contributed by atoms with Gasteiger partial charge in [0.05, 0.1) is 28.8 Å². The Morgan fingerprint density at radius 1 is 1.24 bits per heavy atom. The normalized spacial score (nSPS) is 15.9. The van der Waals surface area contributed by atoms with Crippen molar-refractivity contribution < 1.29 is 9.59 Å². The summed E-state index contributed by atoms with van der Waals surface area (Å²) in [6.07, 6.45) is 3.56. The number of hydrogen-bond acceptors (Lipinski definition) is 6. The molecule has 0 saturated heterocycles. The summed E-state index contributed by atoms with van der Waals surface area (Å²) < 4.78 is 1.82. The van der Waals surface area contributed by atoms with Crippen molar-refractivity contribution in [2.75, 3.05) is 26.7 Å². The van der Waals surface area contributed by atoms with E-state index in [0.29, 0.717) is 34.5 Å². The molecule has 9 nitrogen and oxygen atoms in total. The van der Waals surface area contributed by atoms with E-state index in [2.05, 4.69) is 32.4 Å². The number of nitrogens with two attached hydrogens (primary N) is 1. The number of nitrogens with one attached hydrogen (secondary N) is 1. The maximum absolute atomic E-state index is 13.5. The Hall–Kier alpha value is -3.69. The molecule has 0 saturated carbocycles. The molecular weight excluding hydrogens is 466 g/mol. The summed E-state index contributed by atoms with van der Waals surface area (Å²) in [5.74, 6) is -0.977. The van der Waals surface area contributed by atoms with Gasteiger partial charge in [0.25, 0.3) is 11.8 Å². The Kier molecular flexibility index (Phi) is 7.94. The van der Waals surface area contributed by atoms with Gasteiger partial charge in [0, 0.05) is 43.5 Å². The maximum atomic E-state index is 13.5. The molecule has 0 radical (unpaired) electrons. The third-order valence-corrected chi connectivity index (χ3v) is 6.52. The molecule has 0 aliphatic carbocycles. The van der Waals surface area contributed by atoms with Gasteiger partial charge in [0.15, 0.2) is 5.65 Å². The smallest absolute Gasteiger partial charge is 0.254 e. The van der Waals surface area contributed by atoms with Crippen LogP contribution in [0.2, 0.25) is 0 Å². The highest BCUT2D eigenvalue weighted by Gasteiger charge is 2.25. The van der Waals surface area contributed by atoms with Gasteiger partial charge in [-0.15, -0.1) is 0 Å². The molecule has 9 heteroatoms. The van der Waals surface area contributed by atoms with Crippen molar-refractivity contribution in [1.82, 2.24) is 25.0 Å². The number of nitrogens with zero attached hydrogens (tertiary/aromatic N) is 5. The van der Waals surface area contributed by atoms with Crippen LogP contribution in [0.3, 0.4) is 0 Å². The average molecular weight is 502 g/mol. The summed E-state index contributed by atoms with van der Waals surface area (Å²) in [5.41, 5.74) is 11.1. The SMILES string of the molecule is CC1=CC(C)=NC(=O)C1CNC(=O)c1cc(-c2cccc(CN(C)CCN)c2)nc2c1cnn2C(C)C. The average Bonchev–Trinajstić information content (AvgIpc) is 3.27. The molecule has 2 amide bonds. The number of amides is 2. The van der Waals surface area contributed by atoms with Crippen molar-refractivity contribution in [3.63, 3.8) is 0 Å². The third-order valence-electron chi connectivity index (χ3n) is 6.52. The van der Waals surface area contributed by atoms with Gasteiger partial charge in [-0.3, -0.25) is 9.59 Å². The van der Waals surface area contributed by atoms with Crippen LogP contribution in [-0.2, 0) is 11.3 Å². The molecule has 194 valence electrons. The van der Waals surface area contributed by atoms with Crippen molar-refractivity contribution in [1.29, 1.82) is 0 Å². The topological polar surface area (TPSA) is 118 Å². The number of carbonyl (C=O) groups is 2. The quantitative estimate of drug-likeness (QED) is 0.464. The van der Waals surface area contributed by atoms with Gasteiger partial charge in [-0.25, -0.2) is 14.7 Å². The molecule has 2 aromatic heterocycles. The minimum Gasteiger partial charge on any atom is -0.351 e. The molecule has 0 bridgehead atoms. The van der Waals surface area contributed by atoms with Crippen LogP contribution in [0, 0.1) is 5.92 Å². The summed E-state index contributed by atoms with van der Waals surface area (Å²) in [7, 11) is 2.04. The molecule has 3 N–H and O–H groups in total. The molecule has 3 aromatic rings. The number of aliphatic imine (C=N–C) groups is 1. The van der Waals surface area contributed by atoms with Crippen LogP contribution < -0.4 is 11.1 Å². The first kappa shape index (κ1) is 26.4. The zero-order chi connectivity index (χ0) is 26.7. The Labute approximate surface area is 217 Å². The van der Waals surface area contributed by atoms with E-state index in [1.54, 1.807) is 19.2 Å². The highest BCUT2D eigenvalue weighted by molar-refractivity contribution is 6.08. The summed E-state index contributed by atoms with van der Waals surface area (Å²) in [4.78, 5) is 37.0. The van der Waals surface area contributed by atoms with Gasteiger partial charge in [0.1, 0.15) is 0 Å². The number of dihydropyridines is 1. The number of carbonyl (C=O) groups excluding carboxylic acids is 2. The van der Waals surface area contributed by atoms with Crippen molar-refractivity contribution >= 4 is 28.6 Å². The minimum atomic E-state index is -0.468. The summed E-state index contributed by atoms with van der Waals surface area (Å²) in [6.45, 7) is 10.1. The first-order valence-corrected chi connectivity index (χ1v) is 12.6. The largest absolute Gasteiger partial charge is 0.351 e. The lowest BCUT2D eigenvalue weighted by Gasteiger charge is -2.19. The lowest BCUT2D eigenvalue weighted by atomic mass is 9.95.